The molecule has 0 spiro atoms. The van der Waals surface area contributed by atoms with Gasteiger partial charge in [-0.15, -0.1) is 12.4 Å². The van der Waals surface area contributed by atoms with Crippen LogP contribution in [0.2, 0.25) is 0 Å². The molecule has 18 heavy (non-hydrogen) atoms. The number of carboxylic acids is 1. The molecule has 1 aromatic rings. The molecule has 1 aliphatic heterocycles. The van der Waals surface area contributed by atoms with Crippen molar-refractivity contribution < 1.29 is 9.90 Å². The molecular formula is C13H15BrClNO2. The average molecular weight is 333 g/mol. The largest absolute Gasteiger partial charge is 0.481 e. The highest BCUT2D eigenvalue weighted by atomic mass is 79.9. The Morgan fingerprint density at radius 3 is 2.56 bits per heavy atom. The zero-order chi connectivity index (χ0) is 12.3. The molecule has 1 heterocycles. The van der Waals surface area contributed by atoms with Crippen molar-refractivity contribution in [1.29, 1.82) is 0 Å². The first-order chi connectivity index (χ1) is 8.18. The van der Waals surface area contributed by atoms with E-state index in [0.717, 1.165) is 23.0 Å². The van der Waals surface area contributed by atoms with Crippen LogP contribution >= 0.6 is 28.3 Å². The first kappa shape index (κ1) is 15.2. The minimum absolute atomic E-state index is 0. The van der Waals surface area contributed by atoms with Crippen LogP contribution in [0.1, 0.15) is 17.9 Å². The maximum Gasteiger partial charge on any atom is 0.312 e. The summed E-state index contributed by atoms with van der Waals surface area (Å²) < 4.78 is 0.956. The fourth-order valence-corrected chi connectivity index (χ4v) is 2.31. The van der Waals surface area contributed by atoms with Gasteiger partial charge in [-0.1, -0.05) is 40.2 Å². The van der Waals surface area contributed by atoms with Gasteiger partial charge < -0.3 is 10.4 Å². The standard InChI is InChI=1S/C13H14BrNO2.ClH/c14-10-6-4-9(5-7-10)12(13(16)17)11-3-1-2-8-15-11;/h1,3-7,11-12,15H,2,8H2,(H,16,17);1H. The maximum absolute atomic E-state index is 11.4. The second kappa shape index (κ2) is 6.92. The van der Waals surface area contributed by atoms with E-state index in [2.05, 4.69) is 21.2 Å². The summed E-state index contributed by atoms with van der Waals surface area (Å²) in [5.41, 5.74) is 0.824. The normalized spacial score (nSPS) is 19.9. The Labute approximate surface area is 121 Å². The molecule has 0 radical (unpaired) electrons. The van der Waals surface area contributed by atoms with Gasteiger partial charge >= 0.3 is 5.97 Å². The lowest BCUT2D eigenvalue weighted by molar-refractivity contribution is -0.139. The van der Waals surface area contributed by atoms with Crippen molar-refractivity contribution in [3.05, 3.63) is 46.5 Å². The molecule has 0 aliphatic carbocycles. The summed E-state index contributed by atoms with van der Waals surface area (Å²) in [4.78, 5) is 11.4. The van der Waals surface area contributed by atoms with Gasteiger partial charge in [-0.2, -0.15) is 0 Å². The fourth-order valence-electron chi connectivity index (χ4n) is 2.05. The Hall–Kier alpha value is -0.840. The van der Waals surface area contributed by atoms with Crippen LogP contribution in [-0.4, -0.2) is 23.7 Å². The molecule has 98 valence electrons. The Morgan fingerprint density at radius 1 is 1.39 bits per heavy atom. The SMILES string of the molecule is Cl.O=C(O)C(c1ccc(Br)cc1)C1C=CCCN1. The molecule has 0 aromatic heterocycles. The molecule has 0 fully saturated rings. The molecule has 2 rings (SSSR count). The van der Waals surface area contributed by atoms with Crippen LogP contribution in [0.25, 0.3) is 0 Å². The van der Waals surface area contributed by atoms with E-state index < -0.39 is 11.9 Å². The molecule has 2 unspecified atom stereocenters. The van der Waals surface area contributed by atoms with Gasteiger partial charge in [0, 0.05) is 10.5 Å². The number of carboxylic acid groups (broad SMARTS) is 1. The van der Waals surface area contributed by atoms with Gasteiger partial charge in [0.1, 0.15) is 5.92 Å². The number of rotatable bonds is 3. The fraction of sp³-hybridized carbons (Fsp3) is 0.308. The van der Waals surface area contributed by atoms with Crippen LogP contribution in [-0.2, 0) is 4.79 Å². The summed E-state index contributed by atoms with van der Waals surface area (Å²) in [5.74, 6) is -1.32. The predicted octanol–water partition coefficient (Wildman–Crippen LogP) is 2.96. The summed E-state index contributed by atoms with van der Waals surface area (Å²) >= 11 is 3.35. The lowest BCUT2D eigenvalue weighted by atomic mass is 9.90. The lowest BCUT2D eigenvalue weighted by Gasteiger charge is -2.25. The van der Waals surface area contributed by atoms with Crippen LogP contribution in [0.3, 0.4) is 0 Å². The Bertz CT molecular complexity index is 433. The van der Waals surface area contributed by atoms with E-state index in [0.29, 0.717) is 0 Å². The van der Waals surface area contributed by atoms with Gasteiger partial charge in [0.25, 0.3) is 0 Å². The second-order valence-electron chi connectivity index (χ2n) is 4.06. The van der Waals surface area contributed by atoms with Gasteiger partial charge in [0.15, 0.2) is 0 Å². The molecule has 0 bridgehead atoms. The first-order valence-electron chi connectivity index (χ1n) is 5.57. The number of hydrogen-bond donors (Lipinski definition) is 2. The lowest BCUT2D eigenvalue weighted by Crippen LogP contribution is -2.39. The topological polar surface area (TPSA) is 49.3 Å². The molecule has 0 saturated carbocycles. The minimum Gasteiger partial charge on any atom is -0.481 e. The zero-order valence-electron chi connectivity index (χ0n) is 9.67. The third-order valence-electron chi connectivity index (χ3n) is 2.89. The molecule has 1 aromatic carbocycles. The molecule has 0 saturated heterocycles. The number of aliphatic carboxylic acids is 1. The minimum atomic E-state index is -0.795. The smallest absolute Gasteiger partial charge is 0.312 e. The molecule has 5 heteroatoms. The molecule has 0 amide bonds. The first-order valence-corrected chi connectivity index (χ1v) is 6.36. The molecular weight excluding hydrogens is 318 g/mol. The van der Waals surface area contributed by atoms with Crippen molar-refractivity contribution in [2.45, 2.75) is 18.4 Å². The van der Waals surface area contributed by atoms with Gasteiger partial charge in [-0.05, 0) is 30.7 Å². The monoisotopic (exact) mass is 331 g/mol. The number of nitrogens with one attached hydrogen (secondary N) is 1. The summed E-state index contributed by atoms with van der Waals surface area (Å²) in [7, 11) is 0. The maximum atomic E-state index is 11.4. The van der Waals surface area contributed by atoms with E-state index in [4.69, 9.17) is 0 Å². The van der Waals surface area contributed by atoms with Gasteiger partial charge in [0.05, 0.1) is 0 Å². The Kier molecular flexibility index (Phi) is 5.85. The van der Waals surface area contributed by atoms with Crippen molar-refractivity contribution >= 4 is 34.3 Å². The number of hydrogen-bond acceptors (Lipinski definition) is 2. The van der Waals surface area contributed by atoms with E-state index in [1.807, 2.05) is 36.4 Å². The second-order valence-corrected chi connectivity index (χ2v) is 4.98. The van der Waals surface area contributed by atoms with Crippen LogP contribution in [0.15, 0.2) is 40.9 Å². The van der Waals surface area contributed by atoms with E-state index >= 15 is 0 Å². The van der Waals surface area contributed by atoms with Crippen LogP contribution < -0.4 is 5.32 Å². The average Bonchev–Trinajstić information content (AvgIpc) is 2.33. The number of carbonyl (C=O) groups is 1. The van der Waals surface area contributed by atoms with Gasteiger partial charge in [-0.25, -0.2) is 0 Å². The number of halogens is 2. The quantitative estimate of drug-likeness (QED) is 0.837. The van der Waals surface area contributed by atoms with Crippen molar-refractivity contribution in [3.8, 4) is 0 Å². The molecule has 3 nitrogen and oxygen atoms in total. The third-order valence-corrected chi connectivity index (χ3v) is 3.42. The Balaban J connectivity index is 0.00000162. The zero-order valence-corrected chi connectivity index (χ0v) is 12.1. The summed E-state index contributed by atoms with van der Waals surface area (Å²) in [6.45, 7) is 0.835. The van der Waals surface area contributed by atoms with E-state index in [1.165, 1.54) is 0 Å². The molecule has 1 aliphatic rings. The van der Waals surface area contributed by atoms with Gasteiger partial charge in [-0.3, -0.25) is 4.79 Å². The van der Waals surface area contributed by atoms with Crippen molar-refractivity contribution in [2.24, 2.45) is 0 Å². The number of benzene rings is 1. The summed E-state index contributed by atoms with van der Waals surface area (Å²) in [6, 6.07) is 7.33. The third kappa shape index (κ3) is 3.57. The van der Waals surface area contributed by atoms with E-state index in [-0.39, 0.29) is 18.4 Å². The van der Waals surface area contributed by atoms with Gasteiger partial charge in [0.2, 0.25) is 0 Å². The highest BCUT2D eigenvalue weighted by Gasteiger charge is 2.28. The van der Waals surface area contributed by atoms with Crippen LogP contribution in [0, 0.1) is 0 Å². The van der Waals surface area contributed by atoms with Crippen LogP contribution in [0.5, 0.6) is 0 Å². The molecule has 2 N–H and O–H groups in total. The van der Waals surface area contributed by atoms with Crippen LogP contribution in [0.4, 0.5) is 0 Å². The van der Waals surface area contributed by atoms with Crippen molar-refractivity contribution in [3.63, 3.8) is 0 Å². The van der Waals surface area contributed by atoms with E-state index in [9.17, 15) is 9.90 Å². The summed E-state index contributed by atoms with van der Waals surface area (Å²) in [5, 5.41) is 12.6. The highest BCUT2D eigenvalue weighted by molar-refractivity contribution is 9.10. The van der Waals surface area contributed by atoms with Crippen molar-refractivity contribution in [2.75, 3.05) is 6.54 Å². The summed E-state index contributed by atoms with van der Waals surface area (Å²) in [6.07, 6.45) is 4.95. The molecule has 2 atom stereocenters. The highest BCUT2D eigenvalue weighted by Crippen LogP contribution is 2.24. The predicted molar refractivity (Wildman–Crippen MR) is 77.3 cm³/mol. The van der Waals surface area contributed by atoms with E-state index in [1.54, 1.807) is 0 Å². The Morgan fingerprint density at radius 2 is 2.06 bits per heavy atom. The van der Waals surface area contributed by atoms with Crippen molar-refractivity contribution in [1.82, 2.24) is 5.32 Å².